The number of nitrogens with zero attached hydrogens (tertiary/aromatic N) is 3. The summed E-state index contributed by atoms with van der Waals surface area (Å²) < 4.78 is 5.43. The largest absolute Gasteiger partial charge is 0.378 e. The molecule has 7 heteroatoms. The number of ether oxygens (including phenoxy) is 1. The van der Waals surface area contributed by atoms with Crippen molar-refractivity contribution in [3.05, 3.63) is 36.4 Å². The van der Waals surface area contributed by atoms with E-state index in [9.17, 15) is 4.79 Å². The van der Waals surface area contributed by atoms with Gasteiger partial charge in [0.05, 0.1) is 24.6 Å². The lowest BCUT2D eigenvalue weighted by Gasteiger charge is -2.30. The average molecular weight is 339 g/mol. The van der Waals surface area contributed by atoms with Crippen molar-refractivity contribution < 1.29 is 9.53 Å². The molecule has 1 amide bonds. The molecular formula is C18H21N5O2. The normalized spacial score (nSPS) is 17.2. The summed E-state index contributed by atoms with van der Waals surface area (Å²) in [7, 11) is 0. The fourth-order valence-electron chi connectivity index (χ4n) is 2.84. The minimum Gasteiger partial charge on any atom is -0.378 e. The van der Waals surface area contributed by atoms with Crippen LogP contribution in [0, 0.1) is 5.92 Å². The molecular weight excluding hydrogens is 318 g/mol. The highest BCUT2D eigenvalue weighted by Gasteiger charge is 2.29. The van der Waals surface area contributed by atoms with E-state index in [1.54, 1.807) is 6.07 Å². The summed E-state index contributed by atoms with van der Waals surface area (Å²) in [4.78, 5) is 14.1. The van der Waals surface area contributed by atoms with Crippen molar-refractivity contribution in [1.82, 2.24) is 10.2 Å². The number of aromatic nitrogens is 2. The summed E-state index contributed by atoms with van der Waals surface area (Å²) in [5.41, 5.74) is 2.10. The Kier molecular flexibility index (Phi) is 4.47. The zero-order chi connectivity index (χ0) is 17.1. The van der Waals surface area contributed by atoms with E-state index in [1.807, 2.05) is 24.3 Å². The van der Waals surface area contributed by atoms with E-state index in [-0.39, 0.29) is 11.8 Å². The highest BCUT2D eigenvalue weighted by atomic mass is 16.5. The predicted molar refractivity (Wildman–Crippen MR) is 96.1 cm³/mol. The summed E-state index contributed by atoms with van der Waals surface area (Å²) in [6.07, 6.45) is 1.94. The van der Waals surface area contributed by atoms with Gasteiger partial charge in [0, 0.05) is 19.0 Å². The molecule has 0 spiro atoms. The van der Waals surface area contributed by atoms with Crippen LogP contribution in [0.1, 0.15) is 12.8 Å². The van der Waals surface area contributed by atoms with Gasteiger partial charge in [-0.3, -0.25) is 4.79 Å². The molecule has 1 aliphatic heterocycles. The molecule has 25 heavy (non-hydrogen) atoms. The number of rotatable bonds is 5. The second-order valence-electron chi connectivity index (χ2n) is 6.31. The Morgan fingerprint density at radius 1 is 1.04 bits per heavy atom. The smallest absolute Gasteiger partial charge is 0.228 e. The molecule has 2 aliphatic rings. The van der Waals surface area contributed by atoms with Gasteiger partial charge in [-0.1, -0.05) is 12.1 Å². The monoisotopic (exact) mass is 339 g/mol. The molecule has 1 saturated heterocycles. The van der Waals surface area contributed by atoms with E-state index in [2.05, 4.69) is 31.8 Å². The van der Waals surface area contributed by atoms with Crippen LogP contribution in [0.4, 0.5) is 23.0 Å². The maximum absolute atomic E-state index is 11.8. The summed E-state index contributed by atoms with van der Waals surface area (Å²) >= 11 is 0. The van der Waals surface area contributed by atoms with Crippen molar-refractivity contribution in [2.24, 2.45) is 5.92 Å². The first-order valence-electron chi connectivity index (χ1n) is 8.63. The lowest BCUT2D eigenvalue weighted by Crippen LogP contribution is -2.36. The van der Waals surface area contributed by atoms with Crippen LogP contribution in [0.2, 0.25) is 0 Å². The Labute approximate surface area is 146 Å². The zero-order valence-electron chi connectivity index (χ0n) is 13.9. The number of anilines is 4. The van der Waals surface area contributed by atoms with Crippen molar-refractivity contribution in [1.29, 1.82) is 0 Å². The van der Waals surface area contributed by atoms with Gasteiger partial charge in [-0.25, -0.2) is 0 Å². The molecule has 7 nitrogen and oxygen atoms in total. The number of hydrogen-bond acceptors (Lipinski definition) is 6. The highest BCUT2D eigenvalue weighted by molar-refractivity contribution is 5.93. The lowest BCUT2D eigenvalue weighted by molar-refractivity contribution is -0.117. The van der Waals surface area contributed by atoms with Crippen LogP contribution in [0.25, 0.3) is 0 Å². The first kappa shape index (κ1) is 15.8. The van der Waals surface area contributed by atoms with Gasteiger partial charge in [0.1, 0.15) is 0 Å². The third kappa shape index (κ3) is 3.88. The van der Waals surface area contributed by atoms with Gasteiger partial charge < -0.3 is 20.3 Å². The number of nitrogens with one attached hydrogen (secondary N) is 2. The maximum Gasteiger partial charge on any atom is 0.228 e. The molecule has 2 aromatic rings. The topological polar surface area (TPSA) is 79.4 Å². The van der Waals surface area contributed by atoms with Crippen LogP contribution in [-0.4, -0.2) is 42.4 Å². The first-order chi connectivity index (χ1) is 12.3. The fraction of sp³-hybridized carbons (Fsp3) is 0.389. The Balaban J connectivity index is 1.45. The van der Waals surface area contributed by atoms with E-state index in [0.29, 0.717) is 11.6 Å². The van der Waals surface area contributed by atoms with Crippen molar-refractivity contribution >= 4 is 28.9 Å². The van der Waals surface area contributed by atoms with Gasteiger partial charge in [-0.05, 0) is 37.1 Å². The van der Waals surface area contributed by atoms with Gasteiger partial charge in [0.2, 0.25) is 5.91 Å². The van der Waals surface area contributed by atoms with Gasteiger partial charge in [0.15, 0.2) is 11.6 Å². The van der Waals surface area contributed by atoms with Gasteiger partial charge in [-0.2, -0.15) is 0 Å². The summed E-state index contributed by atoms with van der Waals surface area (Å²) in [5.74, 6) is 1.32. The Hall–Kier alpha value is -2.67. The number of para-hydroxylation sites is 2. The minimum absolute atomic E-state index is 0.0349. The standard InChI is InChI=1S/C18H21N5O2/c24-18(13-5-6-13)20-17-8-7-16(21-22-17)19-14-3-1-2-4-15(14)23-9-11-25-12-10-23/h1-4,7-8,13H,5-6,9-12H2,(H,19,21)(H,20,22,24). The average Bonchev–Trinajstić information content (AvgIpc) is 3.50. The minimum atomic E-state index is 0.0349. The maximum atomic E-state index is 11.8. The molecule has 2 N–H and O–H groups in total. The van der Waals surface area contributed by atoms with Gasteiger partial charge in [-0.15, -0.1) is 10.2 Å². The molecule has 0 bridgehead atoms. The van der Waals surface area contributed by atoms with E-state index in [0.717, 1.165) is 50.5 Å². The third-order valence-electron chi connectivity index (χ3n) is 4.38. The van der Waals surface area contributed by atoms with E-state index in [4.69, 9.17) is 4.74 Å². The second kappa shape index (κ2) is 7.06. The number of morpholine rings is 1. The zero-order valence-corrected chi connectivity index (χ0v) is 13.9. The van der Waals surface area contributed by atoms with E-state index >= 15 is 0 Å². The number of hydrogen-bond donors (Lipinski definition) is 2. The van der Waals surface area contributed by atoms with E-state index < -0.39 is 0 Å². The van der Waals surface area contributed by atoms with Gasteiger partial charge >= 0.3 is 0 Å². The van der Waals surface area contributed by atoms with Crippen LogP contribution < -0.4 is 15.5 Å². The number of amides is 1. The molecule has 0 radical (unpaired) electrons. The SMILES string of the molecule is O=C(Nc1ccc(Nc2ccccc2N2CCOCC2)nn1)C1CC1. The molecule has 2 heterocycles. The predicted octanol–water partition coefficient (Wildman–Crippen LogP) is 2.41. The van der Waals surface area contributed by atoms with Crippen molar-refractivity contribution in [3.8, 4) is 0 Å². The molecule has 4 rings (SSSR count). The lowest BCUT2D eigenvalue weighted by atomic mass is 10.2. The van der Waals surface area contributed by atoms with Crippen LogP contribution in [0.5, 0.6) is 0 Å². The Bertz CT molecular complexity index is 739. The molecule has 0 unspecified atom stereocenters. The van der Waals surface area contributed by atoms with Gasteiger partial charge in [0.25, 0.3) is 0 Å². The number of benzene rings is 1. The fourth-order valence-corrected chi connectivity index (χ4v) is 2.84. The Morgan fingerprint density at radius 3 is 2.48 bits per heavy atom. The second-order valence-corrected chi connectivity index (χ2v) is 6.31. The summed E-state index contributed by atoms with van der Waals surface area (Å²) in [5, 5.41) is 14.4. The molecule has 1 saturated carbocycles. The molecule has 1 aromatic heterocycles. The summed E-state index contributed by atoms with van der Waals surface area (Å²) in [6, 6.07) is 11.7. The highest BCUT2D eigenvalue weighted by Crippen LogP contribution is 2.30. The molecule has 0 atom stereocenters. The van der Waals surface area contributed by atoms with E-state index in [1.165, 1.54) is 0 Å². The van der Waals surface area contributed by atoms with Crippen molar-refractivity contribution in [2.45, 2.75) is 12.8 Å². The molecule has 2 fully saturated rings. The third-order valence-corrected chi connectivity index (χ3v) is 4.38. The molecule has 1 aliphatic carbocycles. The quantitative estimate of drug-likeness (QED) is 0.871. The molecule has 1 aromatic carbocycles. The first-order valence-corrected chi connectivity index (χ1v) is 8.63. The summed E-state index contributed by atoms with van der Waals surface area (Å²) in [6.45, 7) is 3.22. The van der Waals surface area contributed by atoms with Crippen LogP contribution in [0.3, 0.4) is 0 Å². The number of carbonyl (C=O) groups is 1. The van der Waals surface area contributed by atoms with Crippen LogP contribution in [0.15, 0.2) is 36.4 Å². The van der Waals surface area contributed by atoms with Crippen LogP contribution >= 0.6 is 0 Å². The van der Waals surface area contributed by atoms with Crippen molar-refractivity contribution in [3.63, 3.8) is 0 Å². The van der Waals surface area contributed by atoms with Crippen molar-refractivity contribution in [2.75, 3.05) is 41.8 Å². The Morgan fingerprint density at radius 2 is 1.76 bits per heavy atom. The number of carbonyl (C=O) groups excluding carboxylic acids is 1. The van der Waals surface area contributed by atoms with Crippen LogP contribution in [-0.2, 0) is 9.53 Å². The molecule has 130 valence electrons.